The lowest BCUT2D eigenvalue weighted by atomic mass is 10.1. The number of nitrogens with zero attached hydrogens (tertiary/aromatic N) is 1. The van der Waals surface area contributed by atoms with Gasteiger partial charge in [-0.05, 0) is 49.6 Å². The summed E-state index contributed by atoms with van der Waals surface area (Å²) in [6.45, 7) is 3.31. The first-order valence-electron chi connectivity index (χ1n) is 8.10. The molecular weight excluding hydrogens is 360 g/mol. The summed E-state index contributed by atoms with van der Waals surface area (Å²) >= 11 is 1.67. The van der Waals surface area contributed by atoms with Crippen LogP contribution in [0.3, 0.4) is 0 Å². The maximum Gasteiger partial charge on any atom is 0.243 e. The number of aryl methyl sites for hydroxylation is 1. The van der Waals surface area contributed by atoms with Crippen molar-refractivity contribution in [1.82, 2.24) is 4.90 Å². The lowest BCUT2D eigenvalue weighted by Gasteiger charge is -2.23. The number of fused-ring (bicyclic) bond motifs is 1. The van der Waals surface area contributed by atoms with E-state index in [2.05, 4.69) is 13.0 Å². The minimum absolute atomic E-state index is 0. The zero-order valence-corrected chi connectivity index (χ0v) is 15.6. The molecule has 5 nitrogen and oxygen atoms in total. The van der Waals surface area contributed by atoms with Gasteiger partial charge in [-0.3, -0.25) is 4.79 Å². The molecule has 0 radical (unpaired) electrons. The van der Waals surface area contributed by atoms with Crippen LogP contribution in [0.25, 0.3) is 10.4 Å². The van der Waals surface area contributed by atoms with Gasteiger partial charge in [0.15, 0.2) is 11.5 Å². The van der Waals surface area contributed by atoms with Crippen LogP contribution in [-0.4, -0.2) is 34.6 Å². The Bertz CT molecular complexity index is 817. The Hall–Kier alpha value is -1.76. The third-order valence-electron chi connectivity index (χ3n) is 4.64. The van der Waals surface area contributed by atoms with Crippen LogP contribution < -0.4 is 10.5 Å². The number of carbonyl (C=O) groups is 1. The van der Waals surface area contributed by atoms with Gasteiger partial charge in [0.1, 0.15) is 6.61 Å². The maximum absolute atomic E-state index is 12.6. The molecule has 4 rings (SSSR count). The molecule has 2 heterocycles. The first-order chi connectivity index (χ1) is 11.5. The molecule has 134 valence electrons. The van der Waals surface area contributed by atoms with Crippen molar-refractivity contribution in [2.75, 3.05) is 13.2 Å². The smallest absolute Gasteiger partial charge is 0.243 e. The molecule has 7 heteroatoms. The monoisotopic (exact) mass is 380 g/mol. The molecule has 1 saturated carbocycles. The second-order valence-electron chi connectivity index (χ2n) is 6.63. The fraction of sp³-hybridized carbons (Fsp3) is 0.389. The second kappa shape index (κ2) is 6.52. The van der Waals surface area contributed by atoms with Crippen LogP contribution in [0.1, 0.15) is 23.3 Å². The molecular formula is C18H21ClN2O3S. The van der Waals surface area contributed by atoms with Crippen LogP contribution >= 0.6 is 23.7 Å². The molecule has 1 aromatic heterocycles. The van der Waals surface area contributed by atoms with Crippen LogP contribution in [0.2, 0.25) is 0 Å². The highest BCUT2D eigenvalue weighted by Crippen LogP contribution is 2.40. The zero-order valence-electron chi connectivity index (χ0n) is 13.9. The number of hydrogen-bond acceptors (Lipinski definition) is 5. The lowest BCUT2D eigenvalue weighted by molar-refractivity contribution is -0.134. The largest absolute Gasteiger partial charge is 0.504 e. The van der Waals surface area contributed by atoms with E-state index in [0.717, 1.165) is 28.8 Å². The second-order valence-corrected chi connectivity index (χ2v) is 7.91. The van der Waals surface area contributed by atoms with Crippen molar-refractivity contribution in [3.05, 3.63) is 34.7 Å². The zero-order chi connectivity index (χ0) is 16.9. The van der Waals surface area contributed by atoms with Crippen molar-refractivity contribution in [3.8, 4) is 21.9 Å². The molecule has 0 atom stereocenters. The van der Waals surface area contributed by atoms with E-state index in [1.165, 1.54) is 4.88 Å². The summed E-state index contributed by atoms with van der Waals surface area (Å²) in [5, 5.41) is 10.4. The summed E-state index contributed by atoms with van der Waals surface area (Å²) in [5.74, 6) is 0.580. The molecule has 2 aliphatic rings. The number of halogens is 1. The minimum Gasteiger partial charge on any atom is -0.504 e. The number of hydrogen-bond donors (Lipinski definition) is 2. The highest BCUT2D eigenvalue weighted by Gasteiger charge is 2.48. The Kier molecular flexibility index (Phi) is 4.70. The van der Waals surface area contributed by atoms with Crippen LogP contribution in [0.15, 0.2) is 24.3 Å². The van der Waals surface area contributed by atoms with Gasteiger partial charge in [-0.25, -0.2) is 0 Å². The fourth-order valence-electron chi connectivity index (χ4n) is 3.07. The van der Waals surface area contributed by atoms with Gasteiger partial charge in [0, 0.05) is 21.9 Å². The number of aromatic hydroxyl groups is 1. The molecule has 1 aliphatic heterocycles. The van der Waals surface area contributed by atoms with Crippen LogP contribution in [-0.2, 0) is 11.3 Å². The molecule has 1 aromatic carbocycles. The molecule has 1 amide bonds. The topological polar surface area (TPSA) is 75.8 Å². The molecule has 0 spiro atoms. The van der Waals surface area contributed by atoms with Crippen molar-refractivity contribution in [3.63, 3.8) is 0 Å². The number of thiophene rings is 1. The van der Waals surface area contributed by atoms with Crippen molar-refractivity contribution >= 4 is 29.7 Å². The Morgan fingerprint density at radius 3 is 2.76 bits per heavy atom. The van der Waals surface area contributed by atoms with Gasteiger partial charge in [-0.15, -0.1) is 23.7 Å². The summed E-state index contributed by atoms with van der Waals surface area (Å²) in [4.78, 5) is 16.6. The summed E-state index contributed by atoms with van der Waals surface area (Å²) in [7, 11) is 0. The van der Waals surface area contributed by atoms with Gasteiger partial charge >= 0.3 is 0 Å². The number of rotatable bonds is 2. The van der Waals surface area contributed by atoms with Crippen molar-refractivity contribution in [2.45, 2.75) is 31.8 Å². The Morgan fingerprint density at radius 1 is 1.36 bits per heavy atom. The summed E-state index contributed by atoms with van der Waals surface area (Å²) in [6, 6.07) is 7.83. The highest BCUT2D eigenvalue weighted by molar-refractivity contribution is 7.15. The van der Waals surface area contributed by atoms with Crippen molar-refractivity contribution in [2.24, 2.45) is 5.73 Å². The predicted molar refractivity (Wildman–Crippen MR) is 100 cm³/mol. The molecule has 1 aliphatic carbocycles. The lowest BCUT2D eigenvalue weighted by Crippen LogP contribution is -2.46. The number of nitrogens with two attached hydrogens (primary N) is 1. The SMILES string of the molecule is Cc1ccc(-c2cc(O)c3c(c2)CN(C(=O)C2(N)CC2)CCO3)s1.Cl. The van der Waals surface area contributed by atoms with E-state index in [9.17, 15) is 9.90 Å². The van der Waals surface area contributed by atoms with Crippen molar-refractivity contribution < 1.29 is 14.6 Å². The van der Waals surface area contributed by atoms with E-state index in [1.54, 1.807) is 22.3 Å². The number of amides is 1. The first kappa shape index (κ1) is 18.0. The van der Waals surface area contributed by atoms with E-state index < -0.39 is 5.54 Å². The van der Waals surface area contributed by atoms with Gasteiger partial charge in [0.2, 0.25) is 5.91 Å². The normalized spacial score (nSPS) is 17.8. The first-order valence-corrected chi connectivity index (χ1v) is 8.92. The van der Waals surface area contributed by atoms with E-state index in [4.69, 9.17) is 10.5 Å². The summed E-state index contributed by atoms with van der Waals surface area (Å²) < 4.78 is 5.71. The number of ether oxygens (including phenoxy) is 1. The Labute approximate surface area is 156 Å². The third-order valence-corrected chi connectivity index (χ3v) is 5.69. The van der Waals surface area contributed by atoms with Gasteiger partial charge in [-0.1, -0.05) is 0 Å². The van der Waals surface area contributed by atoms with E-state index in [0.29, 0.717) is 25.4 Å². The van der Waals surface area contributed by atoms with Gasteiger partial charge in [0.25, 0.3) is 0 Å². The summed E-state index contributed by atoms with van der Waals surface area (Å²) in [5.41, 5.74) is 7.15. The van der Waals surface area contributed by atoms with Crippen LogP contribution in [0.5, 0.6) is 11.5 Å². The van der Waals surface area contributed by atoms with Crippen LogP contribution in [0.4, 0.5) is 0 Å². The molecule has 25 heavy (non-hydrogen) atoms. The number of benzene rings is 1. The molecule has 0 bridgehead atoms. The number of phenolic OH excluding ortho intramolecular Hbond substituents is 1. The fourth-order valence-corrected chi connectivity index (χ4v) is 3.92. The maximum atomic E-state index is 12.6. The molecule has 1 fully saturated rings. The average molecular weight is 381 g/mol. The molecule has 0 saturated heterocycles. The van der Waals surface area contributed by atoms with Crippen molar-refractivity contribution in [1.29, 1.82) is 0 Å². The van der Waals surface area contributed by atoms with Gasteiger partial charge in [0.05, 0.1) is 12.1 Å². The van der Waals surface area contributed by atoms with E-state index in [1.807, 2.05) is 12.1 Å². The number of phenols is 1. The van der Waals surface area contributed by atoms with Crippen LogP contribution in [0, 0.1) is 6.92 Å². The molecule has 2 aromatic rings. The average Bonchev–Trinajstić information content (AvgIpc) is 3.22. The van der Waals surface area contributed by atoms with E-state index in [-0.39, 0.29) is 24.1 Å². The Balaban J connectivity index is 0.00000182. The van der Waals surface area contributed by atoms with Gasteiger partial charge in [-0.2, -0.15) is 0 Å². The highest BCUT2D eigenvalue weighted by atomic mass is 35.5. The Morgan fingerprint density at radius 2 is 2.12 bits per heavy atom. The van der Waals surface area contributed by atoms with E-state index >= 15 is 0 Å². The predicted octanol–water partition coefficient (Wildman–Crippen LogP) is 3.06. The third kappa shape index (κ3) is 3.34. The summed E-state index contributed by atoms with van der Waals surface area (Å²) in [6.07, 6.45) is 1.49. The molecule has 3 N–H and O–H groups in total. The van der Waals surface area contributed by atoms with Gasteiger partial charge < -0.3 is 20.5 Å². The molecule has 0 unspecified atom stereocenters. The number of carbonyl (C=O) groups excluding carboxylic acids is 1. The standard InChI is InChI=1S/C18H20N2O3S.ClH/c1-11-2-3-15(24-11)12-8-13-10-20(17(22)18(19)4-5-18)6-7-23-16(13)14(21)9-12;/h2-3,8-9,21H,4-7,10,19H2,1H3;1H. The quantitative estimate of drug-likeness (QED) is 0.839. The minimum atomic E-state index is -0.685.